The fourth-order valence-corrected chi connectivity index (χ4v) is 3.20. The predicted octanol–water partition coefficient (Wildman–Crippen LogP) is 2.96. The van der Waals surface area contributed by atoms with Crippen molar-refractivity contribution in [1.29, 1.82) is 0 Å². The smallest absolute Gasteiger partial charge is 0.264 e. The third kappa shape index (κ3) is 1.82. The Kier molecular flexibility index (Phi) is 2.71. The fourth-order valence-electron chi connectivity index (χ4n) is 1.65. The van der Waals surface area contributed by atoms with Gasteiger partial charge in [-0.25, -0.2) is 0 Å². The topological polar surface area (TPSA) is 47.0 Å². The van der Waals surface area contributed by atoms with Crippen LogP contribution in [0.1, 0.15) is 5.56 Å². The van der Waals surface area contributed by atoms with Gasteiger partial charge in [0.2, 0.25) is 0 Å². The lowest BCUT2D eigenvalue weighted by Gasteiger charge is -2.07. The fraction of sp³-hybridized carbons (Fsp3) is 0.100. The van der Waals surface area contributed by atoms with Crippen LogP contribution in [0.15, 0.2) is 33.9 Å². The van der Waals surface area contributed by atoms with Gasteiger partial charge in [0, 0.05) is 27.6 Å². The standard InChI is InChI=1S/C10H7BrFNO2S/c1-6-4-9(11)8-5-13-3-2-7(8)10(6)16(12,14)15/h2-5H,1H3. The van der Waals surface area contributed by atoms with Gasteiger partial charge in [-0.15, -0.1) is 3.89 Å². The summed E-state index contributed by atoms with van der Waals surface area (Å²) in [6.07, 6.45) is 2.93. The van der Waals surface area contributed by atoms with Crippen LogP contribution in [0.2, 0.25) is 0 Å². The molecule has 0 N–H and O–H groups in total. The molecule has 0 saturated carbocycles. The van der Waals surface area contributed by atoms with E-state index in [1.807, 2.05) is 0 Å². The molecule has 2 rings (SSSR count). The molecule has 0 aliphatic carbocycles. The second-order valence-corrected chi connectivity index (χ2v) is 5.50. The molecule has 0 fully saturated rings. The van der Waals surface area contributed by atoms with Gasteiger partial charge >= 0.3 is 10.2 Å². The van der Waals surface area contributed by atoms with Crippen molar-refractivity contribution in [2.75, 3.05) is 0 Å². The maximum atomic E-state index is 13.2. The van der Waals surface area contributed by atoms with Gasteiger partial charge in [-0.2, -0.15) is 8.42 Å². The van der Waals surface area contributed by atoms with Crippen LogP contribution in [-0.4, -0.2) is 13.4 Å². The zero-order valence-corrected chi connectivity index (χ0v) is 10.6. The minimum absolute atomic E-state index is 0.284. The number of nitrogens with zero attached hydrogens (tertiary/aromatic N) is 1. The normalized spacial score (nSPS) is 11.9. The Morgan fingerprint density at radius 1 is 1.38 bits per heavy atom. The lowest BCUT2D eigenvalue weighted by atomic mass is 10.1. The number of pyridine rings is 1. The van der Waals surface area contributed by atoms with E-state index in [0.29, 0.717) is 20.8 Å². The van der Waals surface area contributed by atoms with Crippen molar-refractivity contribution in [3.63, 3.8) is 0 Å². The van der Waals surface area contributed by atoms with Gasteiger partial charge in [-0.1, -0.05) is 15.9 Å². The number of benzene rings is 1. The molecule has 1 aromatic carbocycles. The molecule has 0 saturated heterocycles. The quantitative estimate of drug-likeness (QED) is 0.761. The minimum atomic E-state index is -4.73. The van der Waals surface area contributed by atoms with Gasteiger partial charge < -0.3 is 0 Å². The minimum Gasteiger partial charge on any atom is -0.264 e. The van der Waals surface area contributed by atoms with E-state index in [4.69, 9.17) is 0 Å². The molecular weight excluding hydrogens is 297 g/mol. The molecule has 0 bridgehead atoms. The number of fused-ring (bicyclic) bond motifs is 1. The highest BCUT2D eigenvalue weighted by atomic mass is 79.9. The van der Waals surface area contributed by atoms with Crippen molar-refractivity contribution in [2.24, 2.45) is 0 Å². The van der Waals surface area contributed by atoms with Crippen molar-refractivity contribution in [1.82, 2.24) is 4.98 Å². The highest BCUT2D eigenvalue weighted by Crippen LogP contribution is 2.32. The van der Waals surface area contributed by atoms with Crippen LogP contribution in [0.4, 0.5) is 3.89 Å². The third-order valence-electron chi connectivity index (χ3n) is 2.27. The molecule has 1 aromatic heterocycles. The number of hydrogen-bond acceptors (Lipinski definition) is 3. The van der Waals surface area contributed by atoms with Crippen LogP contribution in [0.25, 0.3) is 10.8 Å². The van der Waals surface area contributed by atoms with Gasteiger partial charge in [-0.3, -0.25) is 4.98 Å². The lowest BCUT2D eigenvalue weighted by molar-refractivity contribution is 0.552. The molecule has 2 aromatic rings. The number of aryl methyl sites for hydroxylation is 1. The Morgan fingerprint density at radius 3 is 2.69 bits per heavy atom. The van der Waals surface area contributed by atoms with E-state index in [-0.39, 0.29) is 4.90 Å². The van der Waals surface area contributed by atoms with E-state index in [1.54, 1.807) is 13.0 Å². The summed E-state index contributed by atoms with van der Waals surface area (Å²) in [5.41, 5.74) is 0.369. The number of rotatable bonds is 1. The molecule has 0 aliphatic heterocycles. The average Bonchev–Trinajstić information content (AvgIpc) is 2.15. The van der Waals surface area contributed by atoms with E-state index in [2.05, 4.69) is 20.9 Å². The monoisotopic (exact) mass is 303 g/mol. The summed E-state index contributed by atoms with van der Waals surface area (Å²) in [6, 6.07) is 3.05. The predicted molar refractivity (Wildman–Crippen MR) is 62.5 cm³/mol. The van der Waals surface area contributed by atoms with Gasteiger partial charge in [0.25, 0.3) is 0 Å². The molecule has 0 unspecified atom stereocenters. The van der Waals surface area contributed by atoms with Gasteiger partial charge in [0.15, 0.2) is 0 Å². The summed E-state index contributed by atoms with van der Waals surface area (Å²) in [5.74, 6) is 0. The summed E-state index contributed by atoms with van der Waals surface area (Å²) in [5, 5.41) is 0.911. The molecule has 0 aliphatic rings. The van der Waals surface area contributed by atoms with Crippen LogP contribution < -0.4 is 0 Å². The van der Waals surface area contributed by atoms with Gasteiger partial charge in [0.1, 0.15) is 4.90 Å². The maximum Gasteiger partial charge on any atom is 0.332 e. The first kappa shape index (κ1) is 11.5. The first-order valence-corrected chi connectivity index (χ1v) is 6.56. The number of halogens is 2. The highest BCUT2D eigenvalue weighted by molar-refractivity contribution is 9.10. The van der Waals surface area contributed by atoms with Crippen LogP contribution in [-0.2, 0) is 10.2 Å². The van der Waals surface area contributed by atoms with E-state index in [0.717, 1.165) is 0 Å². The summed E-state index contributed by atoms with van der Waals surface area (Å²) >= 11 is 3.29. The molecule has 1 heterocycles. The van der Waals surface area contributed by atoms with E-state index < -0.39 is 10.2 Å². The van der Waals surface area contributed by atoms with Gasteiger partial charge in [-0.05, 0) is 24.6 Å². The first-order chi connectivity index (χ1) is 7.41. The van der Waals surface area contributed by atoms with Crippen molar-refractivity contribution in [2.45, 2.75) is 11.8 Å². The molecule has 0 amide bonds. The van der Waals surface area contributed by atoms with Crippen LogP contribution in [0.5, 0.6) is 0 Å². The molecule has 6 heteroatoms. The summed E-state index contributed by atoms with van der Waals surface area (Å²) < 4.78 is 36.0. The number of hydrogen-bond donors (Lipinski definition) is 0. The first-order valence-electron chi connectivity index (χ1n) is 4.39. The highest BCUT2D eigenvalue weighted by Gasteiger charge is 2.20. The molecule has 0 radical (unpaired) electrons. The van der Waals surface area contributed by atoms with Crippen LogP contribution in [0.3, 0.4) is 0 Å². The molecule has 16 heavy (non-hydrogen) atoms. The average molecular weight is 304 g/mol. The number of aromatic nitrogens is 1. The molecule has 84 valence electrons. The largest absolute Gasteiger partial charge is 0.332 e. The van der Waals surface area contributed by atoms with E-state index in [1.165, 1.54) is 18.5 Å². The lowest BCUT2D eigenvalue weighted by Crippen LogP contribution is -1.98. The van der Waals surface area contributed by atoms with Crippen LogP contribution >= 0.6 is 15.9 Å². The summed E-state index contributed by atoms with van der Waals surface area (Å²) in [4.78, 5) is 3.60. The van der Waals surface area contributed by atoms with Crippen molar-refractivity contribution in [3.8, 4) is 0 Å². The third-order valence-corrected chi connectivity index (χ3v) is 3.95. The Labute approximate surface area is 101 Å². The van der Waals surface area contributed by atoms with E-state index >= 15 is 0 Å². The Balaban J connectivity index is 3.05. The molecular formula is C10H7BrFNO2S. The van der Waals surface area contributed by atoms with Crippen molar-refractivity contribution in [3.05, 3.63) is 34.6 Å². The van der Waals surface area contributed by atoms with Crippen molar-refractivity contribution >= 4 is 36.9 Å². The molecule has 3 nitrogen and oxygen atoms in total. The zero-order chi connectivity index (χ0) is 11.9. The van der Waals surface area contributed by atoms with Crippen molar-refractivity contribution < 1.29 is 12.3 Å². The molecule has 0 spiro atoms. The summed E-state index contributed by atoms with van der Waals surface area (Å²) in [7, 11) is -4.73. The Morgan fingerprint density at radius 2 is 2.06 bits per heavy atom. The van der Waals surface area contributed by atoms with E-state index in [9.17, 15) is 12.3 Å². The Bertz CT molecular complexity index is 670. The van der Waals surface area contributed by atoms with Crippen LogP contribution in [0, 0.1) is 6.92 Å². The SMILES string of the molecule is Cc1cc(Br)c2cnccc2c1S(=O)(=O)F. The zero-order valence-electron chi connectivity index (χ0n) is 8.24. The van der Waals surface area contributed by atoms with Gasteiger partial charge in [0.05, 0.1) is 0 Å². The second kappa shape index (κ2) is 3.78. The second-order valence-electron chi connectivity index (χ2n) is 3.36. The summed E-state index contributed by atoms with van der Waals surface area (Å²) in [6.45, 7) is 1.55. The maximum absolute atomic E-state index is 13.2. The Hall–Kier alpha value is -1.01. The molecule has 0 atom stereocenters.